The quantitative estimate of drug-likeness (QED) is 0.395. The Bertz CT molecular complexity index is 22.9. The summed E-state index contributed by atoms with van der Waals surface area (Å²) in [4.78, 5) is 0. The number of hydrogen-bond donors (Lipinski definition) is 0. The fourth-order valence-corrected chi connectivity index (χ4v) is 0. The van der Waals surface area contributed by atoms with Crippen molar-refractivity contribution in [3.05, 3.63) is 0 Å². The number of halogens is 1. The van der Waals surface area contributed by atoms with Gasteiger partial charge in [-0.25, -0.2) is 0 Å². The maximum Gasteiger partial charge on any atom is 0.0866 e. The molecule has 0 aliphatic heterocycles. The first-order valence-corrected chi connectivity index (χ1v) is 1.89. The van der Waals surface area contributed by atoms with Gasteiger partial charge in [0.2, 0.25) is 0 Å². The summed E-state index contributed by atoms with van der Waals surface area (Å²) in [6, 6.07) is 0. The van der Waals surface area contributed by atoms with Crippen LogP contribution >= 0.6 is 0 Å². The molecule has 2 radical (unpaired) electrons. The van der Waals surface area contributed by atoms with Crippen molar-refractivity contribution in [3.8, 4) is 0 Å². The molecule has 0 aliphatic rings. The van der Waals surface area contributed by atoms with Crippen LogP contribution in [-0.4, -0.2) is 14.5 Å². The van der Waals surface area contributed by atoms with E-state index in [1.807, 2.05) is 0 Å². The Morgan fingerprint density at radius 1 is 1.83 bits per heavy atom. The van der Waals surface area contributed by atoms with E-state index in [1.165, 1.54) is 6.92 Å². The number of rotatable bonds is 0. The Kier molecular flexibility index (Phi) is 20.0. The summed E-state index contributed by atoms with van der Waals surface area (Å²) in [5.74, 6) is 0. The zero-order chi connectivity index (χ0) is 6.28. The third-order valence-electron chi connectivity index (χ3n) is 0. The summed E-state index contributed by atoms with van der Waals surface area (Å²) >= 11 is 0. The number of hydrogen-bond acceptors (Lipinski definition) is 0. The first kappa shape index (κ1) is 5.99. The Balaban J connectivity index is 0. The van der Waals surface area contributed by atoms with Gasteiger partial charge in [-0.3, -0.25) is 4.39 Å². The van der Waals surface area contributed by atoms with Crippen LogP contribution in [0.25, 0.3) is 0 Å². The Morgan fingerprint density at radius 3 is 1.83 bits per heavy atom. The molecular weight excluding hydrogens is 77.9 g/mol. The highest BCUT2D eigenvalue weighted by atomic mass is 19.1. The fourth-order valence-electron chi connectivity index (χ4n) is 0. The molecule has 0 amide bonds. The van der Waals surface area contributed by atoms with Crippen LogP contribution in [0.3, 0.4) is 0 Å². The average molecular weight is 88.9 g/mol. The minimum Gasteiger partial charge on any atom is -0.251 e. The molecule has 0 rings (SSSR count). The van der Waals surface area contributed by atoms with Gasteiger partial charge < -0.3 is 0 Å². The lowest BCUT2D eigenvalue weighted by atomic mass is 10.1. The molecule has 2 heteroatoms. The van der Waals surface area contributed by atoms with E-state index in [1.54, 1.807) is 6.92 Å². The molecule has 36 valence electrons. The van der Waals surface area contributed by atoms with Crippen molar-refractivity contribution < 1.29 is 5.76 Å². The highest BCUT2D eigenvalue weighted by Crippen LogP contribution is 1.49. The van der Waals surface area contributed by atoms with Gasteiger partial charge in [0, 0.05) is 1.37 Å². The molecule has 0 fully saturated rings. The fraction of sp³-hybridized carbons (Fsp3) is 1.00. The minimum atomic E-state index is -0.417. The summed E-state index contributed by atoms with van der Waals surface area (Å²) in [7, 11) is 4.78. The molecule has 0 aromatic rings. The molecule has 0 aliphatic carbocycles. The molecule has 0 saturated heterocycles. The zero-order valence-electron chi connectivity index (χ0n) is 5.24. The van der Waals surface area contributed by atoms with Crippen molar-refractivity contribution in [3.63, 3.8) is 0 Å². The van der Waals surface area contributed by atoms with Crippen molar-refractivity contribution in [2.75, 3.05) is 6.67 Å². The maximum atomic E-state index is 10.3. The summed E-state index contributed by atoms with van der Waals surface area (Å²) in [5, 5.41) is 0. The minimum absolute atomic E-state index is 0.250. The second-order valence-corrected chi connectivity index (χ2v) is 0.601. The van der Waals surface area contributed by atoms with Crippen LogP contribution in [0, 0.1) is 0 Å². The molecule has 0 spiro atoms. The Labute approximate surface area is 41.6 Å². The molecule has 0 aromatic heterocycles. The predicted molar refractivity (Wildman–Crippen MR) is 27.9 cm³/mol. The van der Waals surface area contributed by atoms with E-state index in [0.29, 0.717) is 0 Å². The average Bonchev–Trinajstić information content (AvgIpc) is 1.33. The lowest BCUT2D eigenvalue weighted by Gasteiger charge is -1.46. The third kappa shape index (κ3) is 1400000. The SMILES string of the molecule is CCF.[2H]C([B])C. The van der Waals surface area contributed by atoms with Gasteiger partial charge in [0.05, 0.1) is 14.5 Å². The largest absolute Gasteiger partial charge is 0.251 e. The molecule has 0 N–H and O–H groups in total. The summed E-state index contributed by atoms with van der Waals surface area (Å²) in [6.07, 6.45) is -0.417. The van der Waals surface area contributed by atoms with Gasteiger partial charge >= 0.3 is 0 Å². The molecular formula is C4H10BF. The normalized spacial score (nSPS) is 13.5. The summed E-state index contributed by atoms with van der Waals surface area (Å²) < 4.78 is 16.7. The molecule has 0 nitrogen and oxygen atoms in total. The lowest BCUT2D eigenvalue weighted by Crippen LogP contribution is -1.41. The molecule has 0 heterocycles. The Hall–Kier alpha value is -0.00506. The van der Waals surface area contributed by atoms with Crippen molar-refractivity contribution in [2.45, 2.75) is 20.1 Å². The second-order valence-electron chi connectivity index (χ2n) is 0.601. The van der Waals surface area contributed by atoms with Crippen molar-refractivity contribution in [1.82, 2.24) is 0 Å². The predicted octanol–water partition coefficient (Wildman–Crippen LogP) is 1.57. The maximum absolute atomic E-state index is 10.3. The molecule has 0 saturated carbocycles. The molecule has 1 unspecified atom stereocenters. The summed E-state index contributed by atoms with van der Waals surface area (Å²) in [6.45, 7) is 2.82. The van der Waals surface area contributed by atoms with Gasteiger partial charge in [-0.15, -0.1) is 0 Å². The van der Waals surface area contributed by atoms with E-state index in [9.17, 15) is 4.39 Å². The van der Waals surface area contributed by atoms with Gasteiger partial charge in [0.15, 0.2) is 0 Å². The molecule has 0 aromatic carbocycles. The van der Waals surface area contributed by atoms with Crippen LogP contribution in [0.1, 0.15) is 15.2 Å². The van der Waals surface area contributed by atoms with E-state index >= 15 is 0 Å². The van der Waals surface area contributed by atoms with E-state index in [0.717, 1.165) is 0 Å². The van der Waals surface area contributed by atoms with Crippen LogP contribution in [0.15, 0.2) is 0 Å². The first-order valence-electron chi connectivity index (χ1n) is 2.46. The molecule has 6 heavy (non-hydrogen) atoms. The monoisotopic (exact) mass is 89.1 g/mol. The van der Waals surface area contributed by atoms with Crippen molar-refractivity contribution in [1.29, 1.82) is 0 Å². The highest BCUT2D eigenvalue weighted by molar-refractivity contribution is 6.08. The van der Waals surface area contributed by atoms with Gasteiger partial charge in [0.1, 0.15) is 0 Å². The van der Waals surface area contributed by atoms with Gasteiger partial charge in [-0.2, -0.15) is 0 Å². The topological polar surface area (TPSA) is 0 Å². The van der Waals surface area contributed by atoms with Crippen molar-refractivity contribution in [2.24, 2.45) is 0 Å². The number of alkyl halides is 1. The van der Waals surface area contributed by atoms with Crippen LogP contribution < -0.4 is 0 Å². The first-order chi connectivity index (χ1) is 3.15. The van der Waals surface area contributed by atoms with Crippen molar-refractivity contribution >= 4 is 7.85 Å². The van der Waals surface area contributed by atoms with Crippen LogP contribution in [0.5, 0.6) is 0 Å². The second kappa shape index (κ2) is 20.0. The smallest absolute Gasteiger partial charge is 0.0866 e. The van der Waals surface area contributed by atoms with E-state index in [-0.39, 0.29) is 6.67 Å². The summed E-state index contributed by atoms with van der Waals surface area (Å²) in [5.41, 5.74) is 0. The van der Waals surface area contributed by atoms with Crippen LogP contribution in [-0.2, 0) is 0 Å². The van der Waals surface area contributed by atoms with E-state index in [4.69, 9.17) is 9.22 Å². The lowest BCUT2D eigenvalue weighted by molar-refractivity contribution is 0.527. The standard InChI is InChI=1S/C2H5B.C2H5F/c2*1-2-3/h2*2H2,1H3/i2D;. The van der Waals surface area contributed by atoms with Gasteiger partial charge in [-0.1, -0.05) is 13.2 Å². The van der Waals surface area contributed by atoms with Gasteiger partial charge in [-0.05, 0) is 6.92 Å². The van der Waals surface area contributed by atoms with Crippen LogP contribution in [0.4, 0.5) is 4.39 Å². The van der Waals surface area contributed by atoms with Crippen LogP contribution in [0.2, 0.25) is 6.30 Å². The Morgan fingerprint density at radius 2 is 1.83 bits per heavy atom. The van der Waals surface area contributed by atoms with Gasteiger partial charge in [0.25, 0.3) is 0 Å². The van der Waals surface area contributed by atoms with E-state index < -0.39 is 6.30 Å². The molecule has 0 bridgehead atoms. The third-order valence-corrected chi connectivity index (χ3v) is 0. The zero-order valence-corrected chi connectivity index (χ0v) is 4.24. The highest BCUT2D eigenvalue weighted by Gasteiger charge is 1.39. The molecule has 1 atom stereocenters. The van der Waals surface area contributed by atoms with E-state index in [2.05, 4.69) is 0 Å².